The molecule has 0 heterocycles. The van der Waals surface area contributed by atoms with Gasteiger partial charge in [0.2, 0.25) is 0 Å². The van der Waals surface area contributed by atoms with Gasteiger partial charge in [-0.1, -0.05) is 5.92 Å². The summed E-state index contributed by atoms with van der Waals surface area (Å²) in [4.78, 5) is 0. The van der Waals surface area contributed by atoms with Crippen molar-refractivity contribution in [3.8, 4) is 11.2 Å². The van der Waals surface area contributed by atoms with Crippen molar-refractivity contribution in [1.82, 2.24) is 0 Å². The van der Waals surface area contributed by atoms with E-state index in [1.165, 1.54) is 0 Å². The molecule has 4 heteroatoms. The number of hydrogen-bond donors (Lipinski definition) is 0. The minimum atomic E-state index is -2.63. The van der Waals surface area contributed by atoms with E-state index in [0.717, 1.165) is 18.2 Å². The fourth-order valence-corrected chi connectivity index (χ4v) is 1.45. The average Bonchev–Trinajstić information content (AvgIpc) is 2.13. The molecule has 0 amide bonds. The van der Waals surface area contributed by atoms with Crippen LogP contribution < -0.4 is 0 Å². The van der Waals surface area contributed by atoms with Crippen molar-refractivity contribution in [1.29, 1.82) is 0 Å². The maximum Gasteiger partial charge on any atom is 0.265 e. The second-order valence-electron chi connectivity index (χ2n) is 4.10. The molecule has 0 aliphatic carbocycles. The fourth-order valence-electron chi connectivity index (χ4n) is 1.04. The third kappa shape index (κ3) is 3.82. The Morgan fingerprint density at radius 1 is 1.19 bits per heavy atom. The van der Waals surface area contributed by atoms with Crippen molar-refractivity contribution in [2.45, 2.75) is 6.43 Å². The van der Waals surface area contributed by atoms with E-state index in [4.69, 9.17) is 0 Å². The summed E-state index contributed by atoms with van der Waals surface area (Å²) in [6.07, 6.45) is 3.21. The molecule has 1 aromatic carbocycles. The molecule has 0 N–H and O–H groups in total. The SMILES string of the molecule is CS(C)(C)C#Cc1cc(F)ccc1C(F)F. The largest absolute Gasteiger partial charge is 0.265 e. The molecular formula is C12H13F3S. The van der Waals surface area contributed by atoms with Gasteiger partial charge in [0.15, 0.2) is 0 Å². The standard InChI is InChI=1S/C12H13F3S/c1-16(2,3)7-6-9-8-10(13)4-5-11(9)12(14)15/h4-5,8,12H,1-3H3. The van der Waals surface area contributed by atoms with Gasteiger partial charge in [0.25, 0.3) is 6.43 Å². The first-order valence-electron chi connectivity index (χ1n) is 4.58. The molecule has 0 atom stereocenters. The molecule has 0 aromatic heterocycles. The first-order valence-corrected chi connectivity index (χ1v) is 7.44. The molecule has 0 aliphatic heterocycles. The Hall–Kier alpha value is -1.08. The lowest BCUT2D eigenvalue weighted by molar-refractivity contribution is 0.151. The van der Waals surface area contributed by atoms with Crippen molar-refractivity contribution in [2.24, 2.45) is 0 Å². The van der Waals surface area contributed by atoms with Crippen LogP contribution in [0.3, 0.4) is 0 Å². The van der Waals surface area contributed by atoms with Crippen molar-refractivity contribution < 1.29 is 13.2 Å². The van der Waals surface area contributed by atoms with E-state index in [0.29, 0.717) is 0 Å². The molecule has 0 spiro atoms. The third-order valence-electron chi connectivity index (χ3n) is 1.74. The predicted molar refractivity (Wildman–Crippen MR) is 63.6 cm³/mol. The van der Waals surface area contributed by atoms with Crippen LogP contribution >= 0.6 is 10.0 Å². The molecule has 0 unspecified atom stereocenters. The van der Waals surface area contributed by atoms with Crippen LogP contribution in [0.1, 0.15) is 17.6 Å². The van der Waals surface area contributed by atoms with Gasteiger partial charge in [0.1, 0.15) is 5.82 Å². The van der Waals surface area contributed by atoms with Crippen LogP contribution in [-0.2, 0) is 0 Å². The molecule has 16 heavy (non-hydrogen) atoms. The van der Waals surface area contributed by atoms with Gasteiger partial charge in [-0.15, -0.1) is 0 Å². The van der Waals surface area contributed by atoms with Crippen LogP contribution in [0.15, 0.2) is 18.2 Å². The zero-order chi connectivity index (χ0) is 12.3. The number of hydrogen-bond acceptors (Lipinski definition) is 0. The van der Waals surface area contributed by atoms with Gasteiger partial charge in [0, 0.05) is 11.1 Å². The van der Waals surface area contributed by atoms with Crippen LogP contribution in [-0.4, -0.2) is 18.8 Å². The number of benzene rings is 1. The van der Waals surface area contributed by atoms with Crippen molar-refractivity contribution in [2.75, 3.05) is 18.8 Å². The van der Waals surface area contributed by atoms with E-state index in [1.54, 1.807) is 0 Å². The van der Waals surface area contributed by atoms with Crippen molar-refractivity contribution in [3.05, 3.63) is 35.1 Å². The van der Waals surface area contributed by atoms with Gasteiger partial charge in [0.05, 0.1) is 0 Å². The Morgan fingerprint density at radius 3 is 2.31 bits per heavy atom. The second kappa shape index (κ2) is 4.84. The molecule has 0 aliphatic rings. The highest BCUT2D eigenvalue weighted by Crippen LogP contribution is 2.33. The van der Waals surface area contributed by atoms with Gasteiger partial charge in [-0.25, -0.2) is 13.2 Å². The maximum atomic E-state index is 12.9. The third-order valence-corrected chi connectivity index (χ3v) is 2.46. The molecule has 0 saturated heterocycles. The lowest BCUT2D eigenvalue weighted by Gasteiger charge is -2.15. The second-order valence-corrected chi connectivity index (χ2v) is 7.97. The summed E-state index contributed by atoms with van der Waals surface area (Å²) in [5, 5.41) is 2.89. The Bertz CT molecular complexity index is 436. The molecule has 0 bridgehead atoms. The van der Waals surface area contributed by atoms with Crippen LogP contribution in [0.5, 0.6) is 0 Å². The van der Waals surface area contributed by atoms with Crippen molar-refractivity contribution in [3.63, 3.8) is 0 Å². The summed E-state index contributed by atoms with van der Waals surface area (Å²) >= 11 is 0. The Labute approximate surface area is 95.2 Å². The van der Waals surface area contributed by atoms with E-state index in [2.05, 4.69) is 11.2 Å². The number of halogens is 3. The molecule has 88 valence electrons. The minimum absolute atomic E-state index is 0.0809. The zero-order valence-corrected chi connectivity index (χ0v) is 10.2. The van der Waals surface area contributed by atoms with E-state index < -0.39 is 22.3 Å². The van der Waals surface area contributed by atoms with Crippen LogP contribution in [0.4, 0.5) is 13.2 Å². The Kier molecular flexibility index (Phi) is 3.93. The molecule has 1 rings (SSSR count). The van der Waals surface area contributed by atoms with Gasteiger partial charge in [-0.3, -0.25) is 0 Å². The van der Waals surface area contributed by atoms with Crippen molar-refractivity contribution >= 4 is 10.0 Å². The van der Waals surface area contributed by atoms with Gasteiger partial charge in [-0.2, -0.15) is 10.0 Å². The van der Waals surface area contributed by atoms with E-state index in [-0.39, 0.29) is 11.1 Å². The number of rotatable bonds is 1. The quantitative estimate of drug-likeness (QED) is 0.662. The molecule has 0 saturated carbocycles. The molecule has 0 radical (unpaired) electrons. The minimum Gasteiger partial charge on any atom is -0.207 e. The first kappa shape index (κ1) is 13.0. The lowest BCUT2D eigenvalue weighted by Crippen LogP contribution is -1.93. The summed E-state index contributed by atoms with van der Waals surface area (Å²) in [5.41, 5.74) is -0.130. The molecule has 0 fully saturated rings. The first-order chi connectivity index (χ1) is 7.29. The topological polar surface area (TPSA) is 0 Å². The van der Waals surface area contributed by atoms with Gasteiger partial charge >= 0.3 is 0 Å². The highest BCUT2D eigenvalue weighted by atomic mass is 32.3. The monoisotopic (exact) mass is 246 g/mol. The van der Waals surface area contributed by atoms with E-state index >= 15 is 0 Å². The average molecular weight is 246 g/mol. The normalized spacial score (nSPS) is 12.2. The summed E-state index contributed by atoms with van der Waals surface area (Å²) in [6, 6.07) is 3.16. The zero-order valence-electron chi connectivity index (χ0n) is 9.35. The summed E-state index contributed by atoms with van der Waals surface area (Å²) in [5.74, 6) is 2.10. The smallest absolute Gasteiger partial charge is 0.207 e. The summed E-state index contributed by atoms with van der Waals surface area (Å²) < 4.78 is 38.1. The number of alkyl halides is 2. The van der Waals surface area contributed by atoms with E-state index in [1.807, 2.05) is 18.8 Å². The molecule has 1 aromatic rings. The highest BCUT2D eigenvalue weighted by Gasteiger charge is 2.12. The maximum absolute atomic E-state index is 12.9. The summed E-state index contributed by atoms with van der Waals surface area (Å²) in [6.45, 7) is 0. The Morgan fingerprint density at radius 2 is 1.81 bits per heavy atom. The van der Waals surface area contributed by atoms with Crippen LogP contribution in [0, 0.1) is 17.0 Å². The predicted octanol–water partition coefficient (Wildman–Crippen LogP) is 3.77. The Balaban J connectivity index is 3.19. The highest BCUT2D eigenvalue weighted by molar-refractivity contribution is 8.35. The van der Waals surface area contributed by atoms with E-state index in [9.17, 15) is 13.2 Å². The summed E-state index contributed by atoms with van der Waals surface area (Å²) in [7, 11) is -1.11. The van der Waals surface area contributed by atoms with Crippen LogP contribution in [0.25, 0.3) is 0 Å². The fraction of sp³-hybridized carbons (Fsp3) is 0.333. The lowest BCUT2D eigenvalue weighted by atomic mass is 10.1. The molecule has 0 nitrogen and oxygen atoms in total. The van der Waals surface area contributed by atoms with Gasteiger partial charge in [-0.05, 0) is 42.2 Å². The van der Waals surface area contributed by atoms with Gasteiger partial charge < -0.3 is 0 Å². The molecular weight excluding hydrogens is 233 g/mol. The van der Waals surface area contributed by atoms with Crippen LogP contribution in [0.2, 0.25) is 0 Å².